The van der Waals surface area contributed by atoms with E-state index in [1.807, 2.05) is 19.2 Å². The van der Waals surface area contributed by atoms with Crippen LogP contribution >= 0.6 is 0 Å². The average Bonchev–Trinajstić information content (AvgIpc) is 2.15. The third kappa shape index (κ3) is 3.11. The number of hydrogen-bond acceptors (Lipinski definition) is 2. The Hall–Kier alpha value is -0.890. The molecule has 1 atom stereocenters. The van der Waals surface area contributed by atoms with Crippen LogP contribution in [0, 0.1) is 12.8 Å². The zero-order valence-electron chi connectivity index (χ0n) is 9.33. The summed E-state index contributed by atoms with van der Waals surface area (Å²) in [7, 11) is 0. The fraction of sp³-hybridized carbons (Fsp3) is 0.583. The Kier molecular flexibility index (Phi) is 4.08. The molecular formula is C12H20N2. The molecule has 1 unspecified atom stereocenters. The molecule has 2 N–H and O–H groups in total. The van der Waals surface area contributed by atoms with Crippen molar-refractivity contribution in [1.82, 2.24) is 4.98 Å². The first-order valence-corrected chi connectivity index (χ1v) is 5.28. The van der Waals surface area contributed by atoms with Gasteiger partial charge in [-0.1, -0.05) is 19.9 Å². The van der Waals surface area contributed by atoms with Crippen LogP contribution in [0.3, 0.4) is 0 Å². The lowest BCUT2D eigenvalue weighted by Crippen LogP contribution is -2.13. The summed E-state index contributed by atoms with van der Waals surface area (Å²) in [5.74, 6) is 0.720. The average molecular weight is 192 g/mol. The van der Waals surface area contributed by atoms with Crippen molar-refractivity contribution in [3.05, 3.63) is 29.6 Å². The zero-order chi connectivity index (χ0) is 10.6. The highest BCUT2D eigenvalue weighted by atomic mass is 14.7. The molecule has 1 aromatic rings. The first-order chi connectivity index (χ1) is 6.61. The standard InChI is InChI=1S/C12H20N2/c1-9(2)6-7-12(13)11-5-4-8-14-10(11)3/h4-5,8-9,12H,6-7,13H2,1-3H3. The highest BCUT2D eigenvalue weighted by Gasteiger charge is 2.09. The number of hydrogen-bond donors (Lipinski definition) is 1. The lowest BCUT2D eigenvalue weighted by molar-refractivity contribution is 0.505. The summed E-state index contributed by atoms with van der Waals surface area (Å²) in [5.41, 5.74) is 8.35. The lowest BCUT2D eigenvalue weighted by atomic mass is 9.98. The summed E-state index contributed by atoms with van der Waals surface area (Å²) >= 11 is 0. The van der Waals surface area contributed by atoms with Crippen molar-refractivity contribution in [2.24, 2.45) is 11.7 Å². The minimum Gasteiger partial charge on any atom is -0.324 e. The Balaban J connectivity index is 2.60. The number of pyridine rings is 1. The molecule has 0 fully saturated rings. The van der Waals surface area contributed by atoms with Crippen molar-refractivity contribution in [2.75, 3.05) is 0 Å². The number of nitrogens with two attached hydrogens (primary N) is 1. The first kappa shape index (κ1) is 11.2. The predicted octanol–water partition coefficient (Wildman–Crippen LogP) is 2.83. The molecular weight excluding hydrogens is 172 g/mol. The SMILES string of the molecule is Cc1ncccc1C(N)CCC(C)C. The topological polar surface area (TPSA) is 38.9 Å². The molecule has 0 aliphatic heterocycles. The van der Waals surface area contributed by atoms with Crippen molar-refractivity contribution < 1.29 is 0 Å². The zero-order valence-corrected chi connectivity index (χ0v) is 9.33. The second-order valence-electron chi connectivity index (χ2n) is 4.26. The first-order valence-electron chi connectivity index (χ1n) is 5.28. The molecule has 14 heavy (non-hydrogen) atoms. The highest BCUT2D eigenvalue weighted by Crippen LogP contribution is 2.19. The summed E-state index contributed by atoms with van der Waals surface area (Å²) in [6.07, 6.45) is 4.04. The van der Waals surface area contributed by atoms with E-state index in [1.54, 1.807) is 0 Å². The van der Waals surface area contributed by atoms with E-state index >= 15 is 0 Å². The summed E-state index contributed by atoms with van der Waals surface area (Å²) in [5, 5.41) is 0. The predicted molar refractivity (Wildman–Crippen MR) is 60.0 cm³/mol. The molecule has 0 saturated carbocycles. The Morgan fingerprint density at radius 3 is 2.64 bits per heavy atom. The molecule has 1 heterocycles. The molecule has 1 aromatic heterocycles. The Morgan fingerprint density at radius 1 is 1.36 bits per heavy atom. The van der Waals surface area contributed by atoms with Crippen LogP contribution in [-0.4, -0.2) is 4.98 Å². The minimum atomic E-state index is 0.145. The maximum atomic E-state index is 6.10. The van der Waals surface area contributed by atoms with E-state index in [2.05, 4.69) is 24.9 Å². The number of rotatable bonds is 4. The lowest BCUT2D eigenvalue weighted by Gasteiger charge is -2.14. The van der Waals surface area contributed by atoms with Crippen LogP contribution in [-0.2, 0) is 0 Å². The van der Waals surface area contributed by atoms with Gasteiger partial charge >= 0.3 is 0 Å². The third-order valence-corrected chi connectivity index (χ3v) is 2.50. The molecule has 0 aliphatic carbocycles. The molecule has 78 valence electrons. The van der Waals surface area contributed by atoms with Gasteiger partial charge in [0.15, 0.2) is 0 Å². The minimum absolute atomic E-state index is 0.145. The van der Waals surface area contributed by atoms with Crippen molar-refractivity contribution in [3.8, 4) is 0 Å². The monoisotopic (exact) mass is 192 g/mol. The van der Waals surface area contributed by atoms with Crippen LogP contribution in [0.2, 0.25) is 0 Å². The molecule has 1 rings (SSSR count). The maximum Gasteiger partial charge on any atom is 0.0420 e. The van der Waals surface area contributed by atoms with Crippen LogP contribution in [0.1, 0.15) is 44.0 Å². The van der Waals surface area contributed by atoms with Gasteiger partial charge in [-0.2, -0.15) is 0 Å². The molecule has 0 bridgehead atoms. The van der Waals surface area contributed by atoms with Gasteiger partial charge in [-0.25, -0.2) is 0 Å². The Labute approximate surface area is 86.5 Å². The second-order valence-corrected chi connectivity index (χ2v) is 4.26. The Bertz CT molecular complexity index is 281. The summed E-state index contributed by atoms with van der Waals surface area (Å²) in [4.78, 5) is 4.25. The van der Waals surface area contributed by atoms with Crippen molar-refractivity contribution in [2.45, 2.75) is 39.7 Å². The van der Waals surface area contributed by atoms with E-state index in [0.29, 0.717) is 0 Å². The van der Waals surface area contributed by atoms with Crippen molar-refractivity contribution in [1.29, 1.82) is 0 Å². The summed E-state index contributed by atoms with van der Waals surface area (Å²) in [6, 6.07) is 4.18. The van der Waals surface area contributed by atoms with Crippen LogP contribution in [0.15, 0.2) is 18.3 Å². The molecule has 0 saturated heterocycles. The quantitative estimate of drug-likeness (QED) is 0.796. The molecule has 0 amide bonds. The normalized spacial score (nSPS) is 13.2. The van der Waals surface area contributed by atoms with Crippen molar-refractivity contribution >= 4 is 0 Å². The fourth-order valence-corrected chi connectivity index (χ4v) is 1.56. The van der Waals surface area contributed by atoms with Gasteiger partial charge in [0.25, 0.3) is 0 Å². The number of aryl methyl sites for hydroxylation is 1. The van der Waals surface area contributed by atoms with Gasteiger partial charge in [-0.15, -0.1) is 0 Å². The van der Waals surface area contributed by atoms with Gasteiger partial charge in [-0.3, -0.25) is 4.98 Å². The van der Waals surface area contributed by atoms with Gasteiger partial charge in [0.2, 0.25) is 0 Å². The van der Waals surface area contributed by atoms with E-state index < -0.39 is 0 Å². The van der Waals surface area contributed by atoms with Crippen LogP contribution < -0.4 is 5.73 Å². The van der Waals surface area contributed by atoms with E-state index in [9.17, 15) is 0 Å². The molecule has 0 aromatic carbocycles. The van der Waals surface area contributed by atoms with Gasteiger partial charge in [0.05, 0.1) is 0 Å². The van der Waals surface area contributed by atoms with Gasteiger partial charge in [0.1, 0.15) is 0 Å². The van der Waals surface area contributed by atoms with Crippen LogP contribution in [0.5, 0.6) is 0 Å². The second kappa shape index (κ2) is 5.11. The largest absolute Gasteiger partial charge is 0.324 e. The highest BCUT2D eigenvalue weighted by molar-refractivity contribution is 5.21. The Morgan fingerprint density at radius 2 is 2.07 bits per heavy atom. The molecule has 2 heteroatoms. The smallest absolute Gasteiger partial charge is 0.0420 e. The van der Waals surface area contributed by atoms with E-state index in [1.165, 1.54) is 12.0 Å². The van der Waals surface area contributed by atoms with Gasteiger partial charge in [-0.05, 0) is 37.3 Å². The van der Waals surface area contributed by atoms with Crippen LogP contribution in [0.4, 0.5) is 0 Å². The van der Waals surface area contributed by atoms with Gasteiger partial charge < -0.3 is 5.73 Å². The van der Waals surface area contributed by atoms with E-state index in [-0.39, 0.29) is 6.04 Å². The summed E-state index contributed by atoms with van der Waals surface area (Å²) < 4.78 is 0. The van der Waals surface area contributed by atoms with Crippen LogP contribution in [0.25, 0.3) is 0 Å². The van der Waals surface area contributed by atoms with E-state index in [4.69, 9.17) is 5.73 Å². The third-order valence-electron chi connectivity index (χ3n) is 2.50. The summed E-state index contributed by atoms with van der Waals surface area (Å²) in [6.45, 7) is 6.47. The number of aromatic nitrogens is 1. The van der Waals surface area contributed by atoms with Gasteiger partial charge in [0, 0.05) is 17.9 Å². The molecule has 0 spiro atoms. The van der Waals surface area contributed by atoms with Crippen molar-refractivity contribution in [3.63, 3.8) is 0 Å². The molecule has 2 nitrogen and oxygen atoms in total. The van der Waals surface area contributed by atoms with E-state index in [0.717, 1.165) is 18.0 Å². The fourth-order valence-electron chi connectivity index (χ4n) is 1.56. The molecule has 0 radical (unpaired) electrons. The maximum absolute atomic E-state index is 6.10. The molecule has 0 aliphatic rings. The number of nitrogens with zero attached hydrogens (tertiary/aromatic N) is 1.